The van der Waals surface area contributed by atoms with Gasteiger partial charge >= 0.3 is 0 Å². The van der Waals surface area contributed by atoms with Gasteiger partial charge in [-0.15, -0.1) is 0 Å². The Kier molecular flexibility index (Phi) is 5.56. The van der Waals surface area contributed by atoms with Crippen molar-refractivity contribution in [3.63, 3.8) is 0 Å². The number of aliphatic imine (C=N–C) groups is 1. The molecule has 8 heteroatoms. The molecule has 1 amide bonds. The van der Waals surface area contributed by atoms with Crippen molar-refractivity contribution in [3.05, 3.63) is 46.9 Å². The number of hydrogen-bond donors (Lipinski definition) is 2. The minimum atomic E-state index is -0.275. The highest BCUT2D eigenvalue weighted by molar-refractivity contribution is 8.18. The van der Waals surface area contributed by atoms with Crippen molar-refractivity contribution >= 4 is 34.6 Å². The third-order valence-electron chi connectivity index (χ3n) is 3.74. The van der Waals surface area contributed by atoms with Gasteiger partial charge in [-0.1, -0.05) is 12.1 Å². The highest BCUT2D eigenvalue weighted by Gasteiger charge is 2.24. The Bertz CT molecular complexity index is 914. The average molecular weight is 386 g/mol. The molecule has 0 unspecified atom stereocenters. The first-order chi connectivity index (χ1) is 13.0. The first-order valence-electron chi connectivity index (χ1n) is 7.93. The Hall–Kier alpha value is -3.13. The van der Waals surface area contributed by atoms with E-state index in [-0.39, 0.29) is 11.7 Å². The summed E-state index contributed by atoms with van der Waals surface area (Å²) in [7, 11) is 4.59. The number of benzene rings is 2. The second-order valence-corrected chi connectivity index (χ2v) is 6.46. The number of carbonyl (C=O) groups excluding carboxylic acids is 1. The first kappa shape index (κ1) is 18.7. The molecular formula is C19H18N2O5S. The Morgan fingerprint density at radius 3 is 2.33 bits per heavy atom. The van der Waals surface area contributed by atoms with Crippen LogP contribution in [0.3, 0.4) is 0 Å². The van der Waals surface area contributed by atoms with Crippen molar-refractivity contribution in [1.29, 1.82) is 0 Å². The van der Waals surface area contributed by atoms with Crippen LogP contribution in [-0.4, -0.2) is 37.5 Å². The molecule has 140 valence electrons. The van der Waals surface area contributed by atoms with Crippen LogP contribution in [0, 0.1) is 0 Å². The number of phenols is 1. The van der Waals surface area contributed by atoms with Crippen LogP contribution in [0.2, 0.25) is 0 Å². The number of methoxy groups -OCH3 is 3. The molecule has 2 aromatic carbocycles. The molecule has 1 aliphatic rings. The quantitative estimate of drug-likeness (QED) is 0.767. The van der Waals surface area contributed by atoms with Crippen molar-refractivity contribution in [2.45, 2.75) is 0 Å². The van der Waals surface area contributed by atoms with Gasteiger partial charge in [-0.25, -0.2) is 4.99 Å². The molecule has 7 nitrogen and oxygen atoms in total. The SMILES string of the molecule is COc1cc(/C=C2/SC(=Nc3ccccc3O)NC2=O)cc(OC)c1OC. The number of nitrogens with one attached hydrogen (secondary N) is 1. The maximum Gasteiger partial charge on any atom is 0.264 e. The van der Waals surface area contributed by atoms with Gasteiger partial charge in [0.15, 0.2) is 16.7 Å². The predicted molar refractivity (Wildman–Crippen MR) is 105 cm³/mol. The number of carbonyl (C=O) groups is 1. The van der Waals surface area contributed by atoms with Gasteiger partial charge in [0.05, 0.1) is 26.2 Å². The lowest BCUT2D eigenvalue weighted by Gasteiger charge is -2.12. The molecule has 0 radical (unpaired) electrons. The lowest BCUT2D eigenvalue weighted by Crippen LogP contribution is -2.19. The zero-order chi connectivity index (χ0) is 19.4. The molecule has 3 rings (SSSR count). The number of phenolic OH excluding ortho intramolecular Hbond substituents is 1. The summed E-state index contributed by atoms with van der Waals surface area (Å²) in [6, 6.07) is 10.2. The highest BCUT2D eigenvalue weighted by atomic mass is 32.2. The highest BCUT2D eigenvalue weighted by Crippen LogP contribution is 2.39. The van der Waals surface area contributed by atoms with Crippen LogP contribution in [-0.2, 0) is 4.79 Å². The van der Waals surface area contributed by atoms with Gasteiger partial charge in [0.2, 0.25) is 5.75 Å². The normalized spacial score (nSPS) is 16.5. The number of rotatable bonds is 5. The third-order valence-corrected chi connectivity index (χ3v) is 4.65. The van der Waals surface area contributed by atoms with E-state index in [0.717, 1.165) is 0 Å². The van der Waals surface area contributed by atoms with Gasteiger partial charge in [0, 0.05) is 0 Å². The summed E-state index contributed by atoms with van der Waals surface area (Å²) in [5, 5.41) is 12.9. The van der Waals surface area contributed by atoms with E-state index >= 15 is 0 Å². The number of amidine groups is 1. The molecule has 0 aromatic heterocycles. The number of ether oxygens (including phenoxy) is 3. The van der Waals surface area contributed by atoms with Crippen molar-refractivity contribution in [2.75, 3.05) is 21.3 Å². The zero-order valence-electron chi connectivity index (χ0n) is 15.0. The van der Waals surface area contributed by atoms with E-state index < -0.39 is 0 Å². The van der Waals surface area contributed by atoms with Crippen molar-refractivity contribution in [1.82, 2.24) is 5.32 Å². The number of thioether (sulfide) groups is 1. The first-order valence-corrected chi connectivity index (χ1v) is 8.75. The number of amides is 1. The Morgan fingerprint density at radius 2 is 1.74 bits per heavy atom. The smallest absolute Gasteiger partial charge is 0.264 e. The summed E-state index contributed by atoms with van der Waals surface area (Å²) in [5.41, 5.74) is 1.10. The molecular weight excluding hydrogens is 368 g/mol. The second-order valence-electron chi connectivity index (χ2n) is 5.43. The zero-order valence-corrected chi connectivity index (χ0v) is 15.8. The van der Waals surface area contributed by atoms with Crippen LogP contribution in [0.15, 0.2) is 46.3 Å². The Morgan fingerprint density at radius 1 is 1.07 bits per heavy atom. The van der Waals surface area contributed by atoms with E-state index in [2.05, 4.69) is 10.3 Å². The van der Waals surface area contributed by atoms with Crippen LogP contribution in [0.5, 0.6) is 23.0 Å². The van der Waals surface area contributed by atoms with Crippen molar-refractivity contribution in [2.24, 2.45) is 4.99 Å². The fraction of sp³-hybridized carbons (Fsp3) is 0.158. The topological polar surface area (TPSA) is 89.4 Å². The summed E-state index contributed by atoms with van der Waals surface area (Å²) in [6.45, 7) is 0. The summed E-state index contributed by atoms with van der Waals surface area (Å²) in [4.78, 5) is 17.0. The van der Waals surface area contributed by atoms with Gasteiger partial charge < -0.3 is 24.6 Å². The summed E-state index contributed by atoms with van der Waals surface area (Å²) in [6.07, 6.45) is 1.71. The van der Waals surface area contributed by atoms with E-state index in [4.69, 9.17) is 14.2 Å². The number of aromatic hydroxyl groups is 1. The third kappa shape index (κ3) is 4.01. The fourth-order valence-electron chi connectivity index (χ4n) is 2.48. The van der Waals surface area contributed by atoms with Gasteiger partial charge in [0.25, 0.3) is 5.91 Å². The van der Waals surface area contributed by atoms with Crippen LogP contribution in [0.25, 0.3) is 6.08 Å². The monoisotopic (exact) mass is 386 g/mol. The lowest BCUT2D eigenvalue weighted by atomic mass is 10.1. The van der Waals surface area contributed by atoms with Crippen molar-refractivity contribution < 1.29 is 24.1 Å². The van der Waals surface area contributed by atoms with Gasteiger partial charge in [-0.3, -0.25) is 4.79 Å². The summed E-state index contributed by atoms with van der Waals surface area (Å²) < 4.78 is 16.0. The molecule has 0 bridgehead atoms. The molecule has 27 heavy (non-hydrogen) atoms. The van der Waals surface area contributed by atoms with E-state index in [1.54, 1.807) is 36.4 Å². The largest absolute Gasteiger partial charge is 0.506 e. The lowest BCUT2D eigenvalue weighted by molar-refractivity contribution is -0.115. The van der Waals surface area contributed by atoms with Gasteiger partial charge in [-0.05, 0) is 47.7 Å². The average Bonchev–Trinajstić information content (AvgIpc) is 3.01. The predicted octanol–water partition coefficient (Wildman–Crippen LogP) is 3.31. The molecule has 2 aromatic rings. The molecule has 2 N–H and O–H groups in total. The number of hydrogen-bond acceptors (Lipinski definition) is 7. The fourth-order valence-corrected chi connectivity index (χ4v) is 3.32. The van der Waals surface area contributed by atoms with Crippen LogP contribution in [0.4, 0.5) is 5.69 Å². The van der Waals surface area contributed by atoms with E-state index in [1.165, 1.54) is 39.2 Å². The Balaban J connectivity index is 1.92. The molecule has 1 saturated heterocycles. The summed E-state index contributed by atoms with van der Waals surface area (Å²) in [5.74, 6) is 1.24. The van der Waals surface area contributed by atoms with E-state index in [9.17, 15) is 9.90 Å². The van der Waals surface area contributed by atoms with Gasteiger partial charge in [-0.2, -0.15) is 0 Å². The number of nitrogens with zero attached hydrogens (tertiary/aromatic N) is 1. The minimum absolute atomic E-state index is 0.0434. The summed E-state index contributed by atoms with van der Waals surface area (Å²) >= 11 is 1.18. The van der Waals surface area contributed by atoms with Crippen LogP contribution in [0.1, 0.15) is 5.56 Å². The van der Waals surface area contributed by atoms with Crippen molar-refractivity contribution in [3.8, 4) is 23.0 Å². The molecule has 0 aliphatic carbocycles. The molecule has 1 aliphatic heterocycles. The molecule has 0 spiro atoms. The van der Waals surface area contributed by atoms with Crippen LogP contribution < -0.4 is 19.5 Å². The maximum absolute atomic E-state index is 12.3. The maximum atomic E-state index is 12.3. The molecule has 1 heterocycles. The van der Waals surface area contributed by atoms with Crippen LogP contribution >= 0.6 is 11.8 Å². The molecule has 0 saturated carbocycles. The number of para-hydroxylation sites is 2. The minimum Gasteiger partial charge on any atom is -0.506 e. The van der Waals surface area contributed by atoms with Gasteiger partial charge in [0.1, 0.15) is 11.4 Å². The standard InChI is InChI=1S/C19H18N2O5S/c1-24-14-8-11(9-15(25-2)17(14)26-3)10-16-18(23)21-19(27-16)20-12-6-4-5-7-13(12)22/h4-10,22H,1-3H3,(H,20,21,23)/b16-10+. The van der Waals surface area contributed by atoms with E-state index in [0.29, 0.717) is 38.6 Å². The second kappa shape index (κ2) is 8.05. The van der Waals surface area contributed by atoms with E-state index in [1.807, 2.05) is 0 Å². The molecule has 0 atom stereocenters. The molecule has 1 fully saturated rings. The Labute approximate surface area is 160 Å².